The topological polar surface area (TPSA) is 59.8 Å². The molecule has 28 heavy (non-hydrogen) atoms. The van der Waals surface area contributed by atoms with Crippen molar-refractivity contribution in [1.29, 1.82) is 0 Å². The predicted octanol–water partition coefficient (Wildman–Crippen LogP) is 2.06. The fourth-order valence-corrected chi connectivity index (χ4v) is 4.30. The molecule has 7 nitrogen and oxygen atoms in total. The van der Waals surface area contributed by atoms with Gasteiger partial charge >= 0.3 is 0 Å². The fourth-order valence-electron chi connectivity index (χ4n) is 4.30. The number of hydrogen-bond donors (Lipinski definition) is 0. The Labute approximate surface area is 164 Å². The second-order valence-electron chi connectivity index (χ2n) is 7.81. The maximum Gasteiger partial charge on any atom is 0.269 e. The van der Waals surface area contributed by atoms with Crippen LogP contribution in [0.15, 0.2) is 35.3 Å². The molecule has 3 aliphatic rings. The van der Waals surface area contributed by atoms with Gasteiger partial charge < -0.3 is 14.4 Å². The van der Waals surface area contributed by atoms with Crippen molar-refractivity contribution >= 4 is 5.69 Å². The maximum atomic E-state index is 12.7. The van der Waals surface area contributed by atoms with E-state index in [1.54, 1.807) is 10.7 Å². The van der Waals surface area contributed by atoms with Gasteiger partial charge in [-0.25, -0.2) is 4.68 Å². The van der Waals surface area contributed by atoms with E-state index in [0.717, 1.165) is 68.3 Å². The van der Waals surface area contributed by atoms with Crippen LogP contribution in [0, 0.1) is 0 Å². The summed E-state index contributed by atoms with van der Waals surface area (Å²) in [5.74, 6) is 1.70. The van der Waals surface area contributed by atoms with Crippen molar-refractivity contribution in [2.45, 2.75) is 31.8 Å². The van der Waals surface area contributed by atoms with Crippen LogP contribution in [0.2, 0.25) is 0 Å². The number of rotatable bonds is 4. The average Bonchev–Trinajstić information content (AvgIpc) is 2.67. The van der Waals surface area contributed by atoms with Crippen LogP contribution in [0.25, 0.3) is 0 Å². The van der Waals surface area contributed by atoms with E-state index < -0.39 is 0 Å². The van der Waals surface area contributed by atoms with E-state index in [1.807, 2.05) is 18.3 Å². The maximum absolute atomic E-state index is 12.7. The smallest absolute Gasteiger partial charge is 0.269 e. The van der Waals surface area contributed by atoms with Crippen molar-refractivity contribution in [3.63, 3.8) is 0 Å². The van der Waals surface area contributed by atoms with Gasteiger partial charge in [-0.15, -0.1) is 0 Å². The van der Waals surface area contributed by atoms with Crippen LogP contribution in [0.3, 0.4) is 0 Å². The van der Waals surface area contributed by atoms with Crippen LogP contribution in [0.4, 0.5) is 5.69 Å². The summed E-state index contributed by atoms with van der Waals surface area (Å²) < 4.78 is 13.2. The molecule has 0 N–H and O–H groups in total. The Balaban J connectivity index is 1.31. The zero-order valence-electron chi connectivity index (χ0n) is 16.0. The number of piperidine rings is 1. The predicted molar refractivity (Wildman–Crippen MR) is 106 cm³/mol. The number of para-hydroxylation sites is 1. The summed E-state index contributed by atoms with van der Waals surface area (Å²) >= 11 is 0. The lowest BCUT2D eigenvalue weighted by atomic mass is 10.0. The largest absolute Gasteiger partial charge is 0.486 e. The number of nitrogens with zero attached hydrogens (tertiary/aromatic N) is 4. The number of fused-ring (bicyclic) bond motifs is 1. The Kier molecular flexibility index (Phi) is 4.68. The summed E-state index contributed by atoms with van der Waals surface area (Å²) in [6, 6.07) is 7.93. The standard InChI is InChI=1S/C21H26N4O3/c26-20-12-18(24-8-3-9-24)13-22-25(20)17-5-2-7-23(15-17)14-16-4-1-6-19-21(16)28-11-10-27-19/h1,4,6,12-13,17H,2-3,5,7-11,14-15H2/t17-/m0/s1. The van der Waals surface area contributed by atoms with Gasteiger partial charge in [-0.2, -0.15) is 5.10 Å². The number of hydrogen-bond acceptors (Lipinski definition) is 6. The lowest BCUT2D eigenvalue weighted by Gasteiger charge is -2.35. The molecule has 4 heterocycles. The molecule has 1 aromatic carbocycles. The summed E-state index contributed by atoms with van der Waals surface area (Å²) in [5.41, 5.74) is 2.10. The van der Waals surface area contributed by atoms with Gasteiger partial charge in [0.1, 0.15) is 13.2 Å². The second-order valence-corrected chi connectivity index (χ2v) is 7.81. The van der Waals surface area contributed by atoms with Gasteiger partial charge in [0, 0.05) is 37.8 Å². The Morgan fingerprint density at radius 1 is 1.11 bits per heavy atom. The number of benzene rings is 1. The molecule has 0 unspecified atom stereocenters. The van der Waals surface area contributed by atoms with E-state index >= 15 is 0 Å². The first kappa shape index (κ1) is 17.6. The van der Waals surface area contributed by atoms with E-state index in [2.05, 4.69) is 21.0 Å². The molecule has 148 valence electrons. The first-order chi connectivity index (χ1) is 13.8. The van der Waals surface area contributed by atoms with Crippen LogP contribution in [-0.4, -0.2) is 54.1 Å². The van der Waals surface area contributed by atoms with Crippen LogP contribution in [-0.2, 0) is 6.54 Å². The van der Waals surface area contributed by atoms with E-state index in [9.17, 15) is 4.79 Å². The van der Waals surface area contributed by atoms with E-state index in [4.69, 9.17) is 9.47 Å². The van der Waals surface area contributed by atoms with Gasteiger partial charge in [0.2, 0.25) is 0 Å². The van der Waals surface area contributed by atoms with Crippen LogP contribution < -0.4 is 19.9 Å². The Hall–Kier alpha value is -2.54. The molecule has 2 fully saturated rings. The van der Waals surface area contributed by atoms with Gasteiger partial charge in [-0.3, -0.25) is 9.69 Å². The molecule has 1 aromatic heterocycles. The third-order valence-electron chi connectivity index (χ3n) is 5.90. The highest BCUT2D eigenvalue weighted by Crippen LogP contribution is 2.35. The summed E-state index contributed by atoms with van der Waals surface area (Å²) in [6.07, 6.45) is 5.08. The van der Waals surface area contributed by atoms with Crippen molar-refractivity contribution in [2.75, 3.05) is 44.3 Å². The van der Waals surface area contributed by atoms with E-state index in [-0.39, 0.29) is 11.6 Å². The van der Waals surface area contributed by atoms with Crippen LogP contribution in [0.5, 0.6) is 11.5 Å². The van der Waals surface area contributed by atoms with Gasteiger partial charge in [0.15, 0.2) is 11.5 Å². The monoisotopic (exact) mass is 382 g/mol. The summed E-state index contributed by atoms with van der Waals surface area (Å²) in [4.78, 5) is 17.2. The summed E-state index contributed by atoms with van der Waals surface area (Å²) in [5, 5.41) is 4.51. The van der Waals surface area contributed by atoms with Crippen molar-refractivity contribution in [1.82, 2.24) is 14.7 Å². The van der Waals surface area contributed by atoms with Gasteiger partial charge in [0.25, 0.3) is 5.56 Å². The third kappa shape index (κ3) is 3.35. The minimum atomic E-state index is 0.00470. The van der Waals surface area contributed by atoms with Crippen molar-refractivity contribution in [2.24, 2.45) is 0 Å². The fraction of sp³-hybridized carbons (Fsp3) is 0.524. The minimum Gasteiger partial charge on any atom is -0.486 e. The molecule has 2 aromatic rings. The quantitative estimate of drug-likeness (QED) is 0.807. The molecule has 0 radical (unpaired) electrons. The van der Waals surface area contributed by atoms with Crippen LogP contribution in [0.1, 0.15) is 30.9 Å². The molecule has 2 saturated heterocycles. The molecule has 0 bridgehead atoms. The van der Waals surface area contributed by atoms with Crippen molar-refractivity contribution in [3.8, 4) is 11.5 Å². The Bertz CT molecular complexity index is 909. The molecule has 0 aliphatic carbocycles. The number of likely N-dealkylation sites (tertiary alicyclic amines) is 1. The Morgan fingerprint density at radius 2 is 2.00 bits per heavy atom. The highest BCUT2D eigenvalue weighted by Gasteiger charge is 2.25. The number of aromatic nitrogens is 2. The first-order valence-electron chi connectivity index (χ1n) is 10.2. The van der Waals surface area contributed by atoms with E-state index in [1.165, 1.54) is 6.42 Å². The van der Waals surface area contributed by atoms with Gasteiger partial charge in [-0.05, 0) is 31.9 Å². The minimum absolute atomic E-state index is 0.00470. The zero-order chi connectivity index (χ0) is 18.9. The number of anilines is 1. The SMILES string of the molecule is O=c1cc(N2CCC2)cnn1[C@H]1CCCN(Cc2cccc3c2OCCO3)C1. The van der Waals surface area contributed by atoms with Gasteiger partial charge in [0.05, 0.1) is 17.9 Å². The molecule has 0 spiro atoms. The van der Waals surface area contributed by atoms with Crippen molar-refractivity contribution < 1.29 is 9.47 Å². The highest BCUT2D eigenvalue weighted by atomic mass is 16.6. The Morgan fingerprint density at radius 3 is 2.82 bits per heavy atom. The third-order valence-corrected chi connectivity index (χ3v) is 5.90. The highest BCUT2D eigenvalue weighted by molar-refractivity contribution is 5.47. The molecule has 5 rings (SSSR count). The summed E-state index contributed by atoms with van der Waals surface area (Å²) in [7, 11) is 0. The number of ether oxygens (including phenoxy) is 2. The molecule has 0 saturated carbocycles. The lowest BCUT2D eigenvalue weighted by Crippen LogP contribution is -2.42. The average molecular weight is 382 g/mol. The first-order valence-corrected chi connectivity index (χ1v) is 10.2. The molecule has 3 aliphatic heterocycles. The van der Waals surface area contributed by atoms with Gasteiger partial charge in [-0.1, -0.05) is 12.1 Å². The summed E-state index contributed by atoms with van der Waals surface area (Å²) in [6.45, 7) is 5.87. The molecule has 7 heteroatoms. The molecule has 1 atom stereocenters. The normalized spacial score (nSPS) is 22.0. The van der Waals surface area contributed by atoms with Crippen LogP contribution >= 0.6 is 0 Å². The molecular formula is C21H26N4O3. The van der Waals surface area contributed by atoms with Crippen molar-refractivity contribution in [3.05, 3.63) is 46.4 Å². The lowest BCUT2D eigenvalue weighted by molar-refractivity contribution is 0.148. The molecule has 0 amide bonds. The van der Waals surface area contributed by atoms with E-state index in [0.29, 0.717) is 13.2 Å². The molecular weight excluding hydrogens is 356 g/mol. The second kappa shape index (κ2) is 7.47. The zero-order valence-corrected chi connectivity index (χ0v) is 16.0.